The van der Waals surface area contributed by atoms with Crippen molar-refractivity contribution in [1.29, 1.82) is 0 Å². The monoisotopic (exact) mass is 257 g/mol. The van der Waals surface area contributed by atoms with Crippen LogP contribution in [0.4, 0.5) is 10.3 Å². The molecule has 0 aliphatic heterocycles. The van der Waals surface area contributed by atoms with Crippen LogP contribution in [0.2, 0.25) is 0 Å². The van der Waals surface area contributed by atoms with Gasteiger partial charge in [0.05, 0.1) is 17.3 Å². The minimum atomic E-state index is -0.321. The second kappa shape index (κ2) is 4.01. The normalized spacial score (nSPS) is 11.1. The van der Waals surface area contributed by atoms with Gasteiger partial charge in [-0.3, -0.25) is 5.10 Å². The summed E-state index contributed by atoms with van der Waals surface area (Å²) in [6.45, 7) is 3.69. The molecule has 0 atom stereocenters. The Morgan fingerprint density at radius 2 is 2.00 bits per heavy atom. The molecule has 0 aliphatic carbocycles. The lowest BCUT2D eigenvalue weighted by Crippen LogP contribution is -2.00. The third-order valence-corrected chi connectivity index (χ3v) is 3.00. The molecule has 3 N–H and O–H groups in total. The zero-order valence-electron chi connectivity index (χ0n) is 10.5. The van der Waals surface area contributed by atoms with Crippen LogP contribution in [-0.2, 0) is 0 Å². The molecule has 6 heteroatoms. The SMILES string of the molecule is Cc1cc(C)c(-c2nc(N)nc3[nH]ncc23)c(F)c1. The molecule has 0 spiro atoms. The van der Waals surface area contributed by atoms with Gasteiger partial charge in [0.2, 0.25) is 5.95 Å². The average Bonchev–Trinajstić information content (AvgIpc) is 2.75. The molecular formula is C13H12FN5. The molecule has 5 nitrogen and oxygen atoms in total. The first-order chi connectivity index (χ1) is 9.06. The number of hydrogen-bond donors (Lipinski definition) is 2. The number of nitrogens with zero attached hydrogens (tertiary/aromatic N) is 3. The van der Waals surface area contributed by atoms with E-state index in [1.807, 2.05) is 19.9 Å². The van der Waals surface area contributed by atoms with Gasteiger partial charge in [-0.05, 0) is 31.0 Å². The van der Waals surface area contributed by atoms with Crippen LogP contribution in [-0.4, -0.2) is 20.2 Å². The highest BCUT2D eigenvalue weighted by Gasteiger charge is 2.16. The molecule has 2 aromatic heterocycles. The van der Waals surface area contributed by atoms with Crippen LogP contribution in [0.15, 0.2) is 18.3 Å². The third kappa shape index (κ3) is 1.81. The van der Waals surface area contributed by atoms with Gasteiger partial charge in [-0.25, -0.2) is 9.37 Å². The van der Waals surface area contributed by atoms with Crippen molar-refractivity contribution in [1.82, 2.24) is 20.2 Å². The first kappa shape index (κ1) is 11.6. The number of hydrogen-bond acceptors (Lipinski definition) is 4. The number of H-pyrrole nitrogens is 1. The van der Waals surface area contributed by atoms with Crippen LogP contribution >= 0.6 is 0 Å². The summed E-state index contributed by atoms with van der Waals surface area (Å²) in [5, 5.41) is 7.27. The van der Waals surface area contributed by atoms with Crippen LogP contribution in [0.3, 0.4) is 0 Å². The van der Waals surface area contributed by atoms with Crippen LogP contribution < -0.4 is 5.73 Å². The summed E-state index contributed by atoms with van der Waals surface area (Å²) in [6.07, 6.45) is 1.57. The molecule has 96 valence electrons. The standard InChI is InChI=1S/C13H12FN5/c1-6-3-7(2)10(9(14)4-6)11-8-5-16-19-12(8)18-13(15)17-11/h3-5H,1-2H3,(H3,15,16,17,18,19). The maximum Gasteiger partial charge on any atom is 0.222 e. The summed E-state index contributed by atoms with van der Waals surface area (Å²) >= 11 is 0. The van der Waals surface area contributed by atoms with Gasteiger partial charge in [-0.2, -0.15) is 10.1 Å². The van der Waals surface area contributed by atoms with Crippen molar-refractivity contribution in [2.24, 2.45) is 0 Å². The van der Waals surface area contributed by atoms with Gasteiger partial charge in [-0.15, -0.1) is 0 Å². The van der Waals surface area contributed by atoms with E-state index >= 15 is 0 Å². The van der Waals surface area contributed by atoms with Gasteiger partial charge in [0, 0.05) is 5.56 Å². The number of aromatic nitrogens is 4. The highest BCUT2D eigenvalue weighted by atomic mass is 19.1. The predicted octanol–water partition coefficient (Wildman–Crippen LogP) is 2.36. The molecule has 0 saturated heterocycles. The smallest absolute Gasteiger partial charge is 0.222 e. The Balaban J connectivity index is 2.39. The molecule has 3 rings (SSSR count). The lowest BCUT2D eigenvalue weighted by atomic mass is 10.0. The summed E-state index contributed by atoms with van der Waals surface area (Å²) in [5.41, 5.74) is 8.73. The number of anilines is 1. The second-order valence-electron chi connectivity index (χ2n) is 4.50. The molecule has 0 fully saturated rings. The fourth-order valence-corrected chi connectivity index (χ4v) is 2.26. The molecule has 0 unspecified atom stereocenters. The highest BCUT2D eigenvalue weighted by Crippen LogP contribution is 2.31. The van der Waals surface area contributed by atoms with E-state index in [9.17, 15) is 4.39 Å². The summed E-state index contributed by atoms with van der Waals surface area (Å²) in [7, 11) is 0. The lowest BCUT2D eigenvalue weighted by molar-refractivity contribution is 0.628. The Bertz CT molecular complexity index is 755. The molecule has 1 aromatic carbocycles. The number of fused-ring (bicyclic) bond motifs is 1. The van der Waals surface area contributed by atoms with Gasteiger partial charge in [0.1, 0.15) is 5.82 Å². The van der Waals surface area contributed by atoms with E-state index in [4.69, 9.17) is 5.73 Å². The topological polar surface area (TPSA) is 80.5 Å². The van der Waals surface area contributed by atoms with Crippen molar-refractivity contribution < 1.29 is 4.39 Å². The fraction of sp³-hybridized carbons (Fsp3) is 0.154. The summed E-state index contributed by atoms with van der Waals surface area (Å²) in [6, 6.07) is 3.38. The maximum absolute atomic E-state index is 14.2. The van der Waals surface area contributed by atoms with E-state index in [1.165, 1.54) is 6.07 Å². The second-order valence-corrected chi connectivity index (χ2v) is 4.50. The first-order valence-electron chi connectivity index (χ1n) is 5.80. The average molecular weight is 257 g/mol. The van der Waals surface area contributed by atoms with Crippen molar-refractivity contribution in [3.05, 3.63) is 35.3 Å². The number of aryl methyl sites for hydroxylation is 2. The third-order valence-electron chi connectivity index (χ3n) is 3.00. The fourth-order valence-electron chi connectivity index (χ4n) is 2.26. The predicted molar refractivity (Wildman–Crippen MR) is 71.0 cm³/mol. The molecular weight excluding hydrogens is 245 g/mol. The maximum atomic E-state index is 14.2. The van der Waals surface area contributed by atoms with Crippen LogP contribution in [0.5, 0.6) is 0 Å². The van der Waals surface area contributed by atoms with Crippen molar-refractivity contribution >= 4 is 17.0 Å². The molecule has 0 saturated carbocycles. The minimum Gasteiger partial charge on any atom is -0.368 e. The molecule has 19 heavy (non-hydrogen) atoms. The Labute approximate surface area is 108 Å². The number of benzene rings is 1. The van der Waals surface area contributed by atoms with E-state index in [0.717, 1.165) is 11.1 Å². The largest absolute Gasteiger partial charge is 0.368 e. The van der Waals surface area contributed by atoms with E-state index in [-0.39, 0.29) is 11.8 Å². The molecule has 0 aliphatic rings. The summed E-state index contributed by atoms with van der Waals surface area (Å²) in [4.78, 5) is 8.19. The van der Waals surface area contributed by atoms with Crippen molar-refractivity contribution in [2.75, 3.05) is 5.73 Å². The quantitative estimate of drug-likeness (QED) is 0.701. The molecule has 0 bridgehead atoms. The Kier molecular flexibility index (Phi) is 2.45. The molecule has 3 aromatic rings. The minimum absolute atomic E-state index is 0.0890. The zero-order valence-corrected chi connectivity index (χ0v) is 10.5. The highest BCUT2D eigenvalue weighted by molar-refractivity contribution is 5.91. The molecule has 0 radical (unpaired) electrons. The van der Waals surface area contributed by atoms with Gasteiger partial charge >= 0.3 is 0 Å². The van der Waals surface area contributed by atoms with Crippen LogP contribution in [0.25, 0.3) is 22.3 Å². The molecule has 2 heterocycles. The number of aromatic amines is 1. The number of nitrogen functional groups attached to an aromatic ring is 1. The Morgan fingerprint density at radius 1 is 1.21 bits per heavy atom. The van der Waals surface area contributed by atoms with E-state index in [0.29, 0.717) is 22.3 Å². The van der Waals surface area contributed by atoms with E-state index in [2.05, 4.69) is 20.2 Å². The first-order valence-corrected chi connectivity index (χ1v) is 5.80. The Morgan fingerprint density at radius 3 is 2.74 bits per heavy atom. The van der Waals surface area contributed by atoms with Gasteiger partial charge in [0.25, 0.3) is 0 Å². The van der Waals surface area contributed by atoms with Crippen molar-refractivity contribution in [2.45, 2.75) is 13.8 Å². The van der Waals surface area contributed by atoms with Gasteiger partial charge in [0.15, 0.2) is 5.65 Å². The molecule has 0 amide bonds. The zero-order chi connectivity index (χ0) is 13.6. The van der Waals surface area contributed by atoms with E-state index in [1.54, 1.807) is 6.20 Å². The van der Waals surface area contributed by atoms with Crippen molar-refractivity contribution in [3.8, 4) is 11.3 Å². The summed E-state index contributed by atoms with van der Waals surface area (Å²) < 4.78 is 14.2. The van der Waals surface area contributed by atoms with Gasteiger partial charge in [-0.1, -0.05) is 6.07 Å². The number of halogens is 1. The summed E-state index contributed by atoms with van der Waals surface area (Å²) in [5.74, 6) is -0.232. The number of nitrogens with one attached hydrogen (secondary N) is 1. The van der Waals surface area contributed by atoms with Gasteiger partial charge < -0.3 is 5.73 Å². The lowest BCUT2D eigenvalue weighted by Gasteiger charge is -2.09. The number of nitrogens with two attached hydrogens (primary N) is 1. The van der Waals surface area contributed by atoms with Crippen LogP contribution in [0.1, 0.15) is 11.1 Å². The Hall–Kier alpha value is -2.50. The number of rotatable bonds is 1. The van der Waals surface area contributed by atoms with E-state index < -0.39 is 0 Å². The van der Waals surface area contributed by atoms with Crippen LogP contribution in [0, 0.1) is 19.7 Å². The van der Waals surface area contributed by atoms with Crippen molar-refractivity contribution in [3.63, 3.8) is 0 Å².